The molecular formula is C11H20INO. The van der Waals surface area contributed by atoms with E-state index >= 15 is 0 Å². The normalized spacial score (nSPS) is 19.1. The molecule has 1 fully saturated rings. The minimum absolute atomic E-state index is 0.255. The van der Waals surface area contributed by atoms with Crippen LogP contribution in [0.15, 0.2) is 0 Å². The van der Waals surface area contributed by atoms with E-state index in [4.69, 9.17) is 0 Å². The van der Waals surface area contributed by atoms with Gasteiger partial charge in [-0.05, 0) is 24.7 Å². The van der Waals surface area contributed by atoms with Crippen LogP contribution in [-0.4, -0.2) is 16.4 Å². The monoisotopic (exact) mass is 309 g/mol. The summed E-state index contributed by atoms with van der Waals surface area (Å²) >= 11 is 2.34. The van der Waals surface area contributed by atoms with Crippen LogP contribution in [-0.2, 0) is 4.79 Å². The number of rotatable bonds is 5. The summed E-state index contributed by atoms with van der Waals surface area (Å²) in [5.41, 5.74) is 0. The molecule has 82 valence electrons. The van der Waals surface area contributed by atoms with Gasteiger partial charge in [-0.3, -0.25) is 4.79 Å². The van der Waals surface area contributed by atoms with Crippen molar-refractivity contribution in [2.45, 2.75) is 45.6 Å². The number of halogens is 1. The lowest BCUT2D eigenvalue weighted by Gasteiger charge is -2.26. The smallest absolute Gasteiger partial charge is 0.220 e. The zero-order valence-electron chi connectivity index (χ0n) is 9.05. The average molecular weight is 309 g/mol. The van der Waals surface area contributed by atoms with E-state index in [9.17, 15) is 4.79 Å². The Kier molecular flexibility index (Phi) is 5.20. The van der Waals surface area contributed by atoms with Crippen molar-refractivity contribution < 1.29 is 4.79 Å². The summed E-state index contributed by atoms with van der Waals surface area (Å²) in [6, 6.07) is 0.350. The van der Waals surface area contributed by atoms with Gasteiger partial charge in [0, 0.05) is 16.9 Å². The van der Waals surface area contributed by atoms with Gasteiger partial charge in [-0.1, -0.05) is 42.9 Å². The van der Waals surface area contributed by atoms with Crippen LogP contribution >= 0.6 is 22.6 Å². The molecule has 0 heterocycles. The molecule has 1 unspecified atom stereocenters. The quantitative estimate of drug-likeness (QED) is 0.614. The summed E-state index contributed by atoms with van der Waals surface area (Å²) in [5.74, 6) is 1.47. The number of alkyl halides is 1. The summed E-state index contributed by atoms with van der Waals surface area (Å²) in [5, 5.41) is 3.12. The molecule has 0 spiro atoms. The van der Waals surface area contributed by atoms with Crippen molar-refractivity contribution in [1.82, 2.24) is 5.32 Å². The van der Waals surface area contributed by atoms with Crippen LogP contribution in [0.4, 0.5) is 0 Å². The molecule has 0 radical (unpaired) electrons. The molecule has 0 aromatic rings. The molecule has 1 rings (SSSR count). The zero-order valence-corrected chi connectivity index (χ0v) is 11.2. The first kappa shape index (κ1) is 12.3. The first-order valence-corrected chi connectivity index (χ1v) is 7.01. The Bertz CT molecular complexity index is 190. The fourth-order valence-corrected chi connectivity index (χ4v) is 2.85. The van der Waals surface area contributed by atoms with Crippen LogP contribution in [0.3, 0.4) is 0 Å². The summed E-state index contributed by atoms with van der Waals surface area (Å²) < 4.78 is 1.01. The van der Waals surface area contributed by atoms with Crippen molar-refractivity contribution in [3.8, 4) is 0 Å². The predicted octanol–water partition coefficient (Wildman–Crippen LogP) is 2.75. The van der Waals surface area contributed by atoms with Gasteiger partial charge in [-0.2, -0.15) is 0 Å². The van der Waals surface area contributed by atoms with Gasteiger partial charge in [-0.15, -0.1) is 0 Å². The lowest BCUT2D eigenvalue weighted by molar-refractivity contribution is -0.123. The van der Waals surface area contributed by atoms with E-state index in [1.165, 1.54) is 19.3 Å². The van der Waals surface area contributed by atoms with E-state index in [0.717, 1.165) is 10.8 Å². The van der Waals surface area contributed by atoms with Gasteiger partial charge in [-0.25, -0.2) is 0 Å². The van der Waals surface area contributed by atoms with E-state index in [1.807, 2.05) is 0 Å². The van der Waals surface area contributed by atoms with Crippen molar-refractivity contribution in [1.29, 1.82) is 0 Å². The van der Waals surface area contributed by atoms with E-state index in [0.29, 0.717) is 17.9 Å². The van der Waals surface area contributed by atoms with Gasteiger partial charge in [0.05, 0.1) is 0 Å². The molecule has 1 aliphatic rings. The predicted molar refractivity (Wildman–Crippen MR) is 67.6 cm³/mol. The lowest BCUT2D eigenvalue weighted by atomic mass is 9.83. The number of carbonyl (C=O) groups excluding carboxylic acids is 1. The maximum Gasteiger partial charge on any atom is 0.220 e. The highest BCUT2D eigenvalue weighted by Gasteiger charge is 2.22. The summed E-state index contributed by atoms with van der Waals surface area (Å²) in [6.45, 7) is 4.32. The molecule has 1 aliphatic carbocycles. The highest BCUT2D eigenvalue weighted by atomic mass is 127. The van der Waals surface area contributed by atoms with Crippen LogP contribution in [0.25, 0.3) is 0 Å². The highest BCUT2D eigenvalue weighted by molar-refractivity contribution is 14.1. The Morgan fingerprint density at radius 3 is 2.50 bits per heavy atom. The van der Waals surface area contributed by atoms with Crippen molar-refractivity contribution in [2.75, 3.05) is 4.43 Å². The number of hydrogen-bond donors (Lipinski definition) is 1. The van der Waals surface area contributed by atoms with E-state index < -0.39 is 0 Å². The number of hydrogen-bond acceptors (Lipinski definition) is 1. The van der Waals surface area contributed by atoms with Crippen LogP contribution in [0.1, 0.15) is 39.5 Å². The standard InChI is InChI=1S/C11H20INO/c1-8(2)10(7-12)13-11(14)6-9-4-3-5-9/h8-10H,3-7H2,1-2H3,(H,13,14). The lowest BCUT2D eigenvalue weighted by Crippen LogP contribution is -2.40. The fraction of sp³-hybridized carbons (Fsp3) is 0.909. The topological polar surface area (TPSA) is 29.1 Å². The molecule has 1 N–H and O–H groups in total. The summed E-state index contributed by atoms with van der Waals surface area (Å²) in [6.07, 6.45) is 4.58. The second-order valence-corrected chi connectivity index (χ2v) is 5.45. The Morgan fingerprint density at radius 2 is 2.14 bits per heavy atom. The first-order chi connectivity index (χ1) is 6.63. The third-order valence-corrected chi connectivity index (χ3v) is 3.97. The molecule has 1 amide bonds. The maximum atomic E-state index is 11.6. The van der Waals surface area contributed by atoms with Crippen molar-refractivity contribution in [3.05, 3.63) is 0 Å². The Balaban J connectivity index is 2.23. The van der Waals surface area contributed by atoms with Crippen LogP contribution in [0.5, 0.6) is 0 Å². The average Bonchev–Trinajstić information content (AvgIpc) is 2.07. The number of carbonyl (C=O) groups is 1. The number of nitrogens with one attached hydrogen (secondary N) is 1. The third kappa shape index (κ3) is 3.75. The zero-order chi connectivity index (χ0) is 10.6. The highest BCUT2D eigenvalue weighted by Crippen LogP contribution is 2.29. The minimum Gasteiger partial charge on any atom is -0.352 e. The van der Waals surface area contributed by atoms with Crippen molar-refractivity contribution in [2.24, 2.45) is 11.8 Å². The van der Waals surface area contributed by atoms with Gasteiger partial charge in [0.25, 0.3) is 0 Å². The Morgan fingerprint density at radius 1 is 1.50 bits per heavy atom. The second kappa shape index (κ2) is 5.93. The minimum atomic E-state index is 0.255. The fourth-order valence-electron chi connectivity index (χ4n) is 1.61. The molecule has 1 saturated carbocycles. The molecule has 3 heteroatoms. The van der Waals surface area contributed by atoms with E-state index in [-0.39, 0.29) is 5.91 Å². The van der Waals surface area contributed by atoms with Crippen molar-refractivity contribution >= 4 is 28.5 Å². The molecule has 0 aromatic carbocycles. The Labute approximate surface area is 100 Å². The second-order valence-electron chi connectivity index (χ2n) is 4.57. The van der Waals surface area contributed by atoms with Crippen molar-refractivity contribution in [3.63, 3.8) is 0 Å². The van der Waals surface area contributed by atoms with E-state index in [2.05, 4.69) is 41.8 Å². The van der Waals surface area contributed by atoms with E-state index in [1.54, 1.807) is 0 Å². The van der Waals surface area contributed by atoms with Crippen LogP contribution in [0.2, 0.25) is 0 Å². The van der Waals surface area contributed by atoms with Gasteiger partial charge < -0.3 is 5.32 Å². The molecule has 1 atom stereocenters. The number of amides is 1. The molecule has 0 aliphatic heterocycles. The molecule has 14 heavy (non-hydrogen) atoms. The van der Waals surface area contributed by atoms with Gasteiger partial charge in [0.15, 0.2) is 0 Å². The molecule has 0 saturated heterocycles. The molecule has 0 bridgehead atoms. The van der Waals surface area contributed by atoms with Crippen LogP contribution < -0.4 is 5.32 Å². The van der Waals surface area contributed by atoms with Gasteiger partial charge in [0.2, 0.25) is 5.91 Å². The SMILES string of the molecule is CC(C)C(CI)NC(=O)CC1CCC1. The summed E-state index contributed by atoms with van der Waals surface area (Å²) in [7, 11) is 0. The van der Waals surface area contributed by atoms with Crippen LogP contribution in [0, 0.1) is 11.8 Å². The summed E-state index contributed by atoms with van der Waals surface area (Å²) in [4.78, 5) is 11.6. The third-order valence-electron chi connectivity index (χ3n) is 3.02. The maximum absolute atomic E-state index is 11.6. The molecular weight excluding hydrogens is 289 g/mol. The van der Waals surface area contributed by atoms with Gasteiger partial charge >= 0.3 is 0 Å². The van der Waals surface area contributed by atoms with Gasteiger partial charge in [0.1, 0.15) is 0 Å². The molecule has 0 aromatic heterocycles. The first-order valence-electron chi connectivity index (χ1n) is 5.48. The largest absolute Gasteiger partial charge is 0.352 e. The Hall–Kier alpha value is 0.200. The molecule has 2 nitrogen and oxygen atoms in total.